The Morgan fingerprint density at radius 3 is 2.48 bits per heavy atom. The van der Waals surface area contributed by atoms with Crippen LogP contribution in [-0.4, -0.2) is 46.1 Å². The molecule has 6 nitrogen and oxygen atoms in total. The van der Waals surface area contributed by atoms with Crippen LogP contribution in [0.25, 0.3) is 10.9 Å². The second kappa shape index (κ2) is 8.34. The van der Waals surface area contributed by atoms with Crippen LogP contribution in [0.15, 0.2) is 30.6 Å². The van der Waals surface area contributed by atoms with Gasteiger partial charge in [0.1, 0.15) is 18.6 Å². The number of rotatable bonds is 7. The number of benzene rings is 1. The van der Waals surface area contributed by atoms with Gasteiger partial charge in [-0.25, -0.2) is 23.1 Å². The van der Waals surface area contributed by atoms with Crippen molar-refractivity contribution in [2.45, 2.75) is 18.8 Å². The van der Waals surface area contributed by atoms with E-state index in [-0.39, 0.29) is 23.5 Å². The Bertz CT molecular complexity index is 930. The van der Waals surface area contributed by atoms with Crippen LogP contribution in [0.5, 0.6) is 17.8 Å². The second-order valence-electron chi connectivity index (χ2n) is 5.48. The lowest BCUT2D eigenvalue weighted by Crippen LogP contribution is -2.22. The Kier molecular flexibility index (Phi) is 5.90. The molecule has 0 N–H and O–H groups in total. The van der Waals surface area contributed by atoms with Crippen molar-refractivity contribution in [1.29, 1.82) is 0 Å². The zero-order valence-electron chi connectivity index (χ0n) is 14.1. The zero-order valence-corrected chi connectivity index (χ0v) is 14.8. The van der Waals surface area contributed by atoms with Gasteiger partial charge in [-0.1, -0.05) is 17.7 Å². The van der Waals surface area contributed by atoms with Crippen molar-refractivity contribution in [1.82, 2.24) is 19.9 Å². The number of nitrogens with zero attached hydrogens (tertiary/aromatic N) is 4. The van der Waals surface area contributed by atoms with Gasteiger partial charge in [0.2, 0.25) is 0 Å². The van der Waals surface area contributed by atoms with E-state index in [0.29, 0.717) is 15.9 Å². The average molecular weight is 399 g/mol. The molecule has 0 bridgehead atoms. The van der Waals surface area contributed by atoms with E-state index in [1.807, 2.05) is 0 Å². The molecule has 2 heterocycles. The van der Waals surface area contributed by atoms with Gasteiger partial charge in [-0.3, -0.25) is 0 Å². The predicted octanol–water partition coefficient (Wildman–Crippen LogP) is 4.06. The quantitative estimate of drug-likeness (QED) is 0.597. The topological polar surface area (TPSA) is 70.0 Å². The van der Waals surface area contributed by atoms with Crippen LogP contribution in [-0.2, 0) is 6.42 Å². The van der Waals surface area contributed by atoms with Gasteiger partial charge in [0.25, 0.3) is 0 Å². The highest BCUT2D eigenvalue weighted by Crippen LogP contribution is 2.32. The Labute approximate surface area is 157 Å². The molecule has 2 atom stereocenters. The first-order valence-corrected chi connectivity index (χ1v) is 8.22. The Hall–Kier alpha value is -2.68. The number of hydrogen-bond donors (Lipinski definition) is 0. The van der Waals surface area contributed by atoms with E-state index in [1.165, 1.54) is 19.5 Å². The maximum Gasteiger partial charge on any atom is 0.321 e. The van der Waals surface area contributed by atoms with Gasteiger partial charge in [-0.05, 0) is 12.1 Å². The molecule has 2 unspecified atom stereocenters. The summed E-state index contributed by atoms with van der Waals surface area (Å²) in [5.74, 6) is 0.232. The van der Waals surface area contributed by atoms with Crippen molar-refractivity contribution in [2.75, 3.05) is 13.8 Å². The van der Waals surface area contributed by atoms with E-state index >= 15 is 0 Å². The first kappa shape index (κ1) is 19.1. The lowest BCUT2D eigenvalue weighted by molar-refractivity contribution is 0.136. The molecule has 142 valence electrons. The van der Waals surface area contributed by atoms with E-state index in [9.17, 15) is 13.2 Å². The van der Waals surface area contributed by atoms with Crippen LogP contribution >= 0.6 is 11.6 Å². The minimum atomic E-state index is -2.26. The molecular weight excluding hydrogens is 385 g/mol. The number of hydrogen-bond acceptors (Lipinski definition) is 6. The van der Waals surface area contributed by atoms with E-state index < -0.39 is 25.4 Å². The molecule has 0 amide bonds. The number of fused-ring (bicyclic) bond motifs is 1. The van der Waals surface area contributed by atoms with Gasteiger partial charge < -0.3 is 9.47 Å². The van der Waals surface area contributed by atoms with Crippen LogP contribution in [0.2, 0.25) is 5.02 Å². The fourth-order valence-corrected chi connectivity index (χ4v) is 2.48. The number of aromatic nitrogens is 4. The van der Waals surface area contributed by atoms with Gasteiger partial charge in [-0.2, -0.15) is 9.97 Å². The van der Waals surface area contributed by atoms with Crippen molar-refractivity contribution in [2.24, 2.45) is 0 Å². The van der Waals surface area contributed by atoms with Gasteiger partial charge in [0.15, 0.2) is 6.17 Å². The highest BCUT2D eigenvalue weighted by atomic mass is 35.5. The normalized spacial score (nSPS) is 13.4. The number of alkyl halides is 3. The molecule has 0 aliphatic carbocycles. The lowest BCUT2D eigenvalue weighted by atomic mass is 10.1. The summed E-state index contributed by atoms with van der Waals surface area (Å²) in [5, 5.41) is 0.653. The number of methoxy groups -OCH3 is 1. The molecule has 3 rings (SSSR count). The van der Waals surface area contributed by atoms with Crippen molar-refractivity contribution in [3.63, 3.8) is 0 Å². The number of halogens is 4. The van der Waals surface area contributed by atoms with E-state index in [2.05, 4.69) is 19.9 Å². The highest BCUT2D eigenvalue weighted by molar-refractivity contribution is 6.30. The van der Waals surface area contributed by atoms with Crippen molar-refractivity contribution >= 4 is 22.5 Å². The monoisotopic (exact) mass is 398 g/mol. The summed E-state index contributed by atoms with van der Waals surface area (Å²) < 4.78 is 50.6. The molecular formula is C17H14ClF3N4O2. The van der Waals surface area contributed by atoms with E-state index in [4.69, 9.17) is 21.1 Å². The Balaban J connectivity index is 2.07. The maximum absolute atomic E-state index is 14.1. The first-order chi connectivity index (χ1) is 13.0. The van der Waals surface area contributed by atoms with E-state index in [0.717, 1.165) is 0 Å². The fraction of sp³-hybridized carbons (Fsp3) is 0.294. The highest BCUT2D eigenvalue weighted by Gasteiger charge is 2.24. The molecule has 10 heteroatoms. The largest absolute Gasteiger partial charge is 0.467 e. The van der Waals surface area contributed by atoms with Crippen LogP contribution in [0.4, 0.5) is 13.2 Å². The lowest BCUT2D eigenvalue weighted by Gasteiger charge is -2.14. The molecule has 3 aromatic rings. The molecule has 0 spiro atoms. The summed E-state index contributed by atoms with van der Waals surface area (Å²) >= 11 is 5.75. The minimum Gasteiger partial charge on any atom is -0.467 e. The smallest absolute Gasteiger partial charge is 0.321 e. The SMILES string of the molecule is COc1nc(CC(F)C(F)CF)c2c(Oc3ncc(Cl)cn3)cccc2n1. The summed E-state index contributed by atoms with van der Waals surface area (Å²) in [6, 6.07) is 4.83. The second-order valence-corrected chi connectivity index (χ2v) is 5.92. The molecule has 27 heavy (non-hydrogen) atoms. The summed E-state index contributed by atoms with van der Waals surface area (Å²) in [4.78, 5) is 16.1. The fourth-order valence-electron chi connectivity index (χ4n) is 2.39. The summed E-state index contributed by atoms with van der Waals surface area (Å²) in [5.41, 5.74) is 0.496. The molecule has 2 aromatic heterocycles. The molecule has 0 radical (unpaired) electrons. The minimum absolute atomic E-state index is 0.00223. The summed E-state index contributed by atoms with van der Waals surface area (Å²) in [6.07, 6.45) is -2.13. The van der Waals surface area contributed by atoms with Crippen molar-refractivity contribution < 1.29 is 22.6 Å². The average Bonchev–Trinajstić information content (AvgIpc) is 2.68. The number of ether oxygens (including phenoxy) is 2. The van der Waals surface area contributed by atoms with Gasteiger partial charge >= 0.3 is 12.0 Å². The third kappa shape index (κ3) is 4.36. The van der Waals surface area contributed by atoms with Crippen LogP contribution in [0.3, 0.4) is 0 Å². The predicted molar refractivity (Wildman–Crippen MR) is 92.7 cm³/mol. The summed E-state index contributed by atoms with van der Waals surface area (Å²) in [6.45, 7) is -1.43. The van der Waals surface area contributed by atoms with Crippen LogP contribution in [0, 0.1) is 0 Å². The molecule has 0 aliphatic rings. The standard InChI is InChI=1S/C17H14ClF3N4O2/c1-26-17-24-12-3-2-4-14(27-16-22-7-9(18)8-23-16)15(12)13(25-17)5-10(20)11(21)6-19/h2-4,7-8,10-11H,5-6H2,1H3. The third-order valence-corrected chi connectivity index (χ3v) is 3.84. The first-order valence-electron chi connectivity index (χ1n) is 7.85. The van der Waals surface area contributed by atoms with Crippen LogP contribution in [0.1, 0.15) is 5.69 Å². The third-order valence-electron chi connectivity index (χ3n) is 3.65. The molecule has 0 saturated heterocycles. The molecule has 0 aliphatic heterocycles. The van der Waals surface area contributed by atoms with Crippen molar-refractivity contribution in [3.05, 3.63) is 41.3 Å². The maximum atomic E-state index is 14.1. The molecule has 0 saturated carbocycles. The van der Waals surface area contributed by atoms with E-state index in [1.54, 1.807) is 18.2 Å². The van der Waals surface area contributed by atoms with Gasteiger partial charge in [-0.15, -0.1) is 0 Å². The zero-order chi connectivity index (χ0) is 19.4. The Morgan fingerprint density at radius 2 is 1.81 bits per heavy atom. The Morgan fingerprint density at radius 1 is 1.07 bits per heavy atom. The molecule has 1 aromatic carbocycles. The molecule has 0 fully saturated rings. The summed E-state index contributed by atoms with van der Waals surface area (Å²) in [7, 11) is 1.35. The van der Waals surface area contributed by atoms with Gasteiger partial charge in [0.05, 0.1) is 41.1 Å². The van der Waals surface area contributed by atoms with Gasteiger partial charge in [0, 0.05) is 6.42 Å². The van der Waals surface area contributed by atoms with Crippen LogP contribution < -0.4 is 9.47 Å². The van der Waals surface area contributed by atoms with Crippen molar-refractivity contribution in [3.8, 4) is 17.8 Å².